The summed E-state index contributed by atoms with van der Waals surface area (Å²) in [5, 5.41) is 2.98. The maximum Gasteiger partial charge on any atom is 0.318 e. The Morgan fingerprint density at radius 1 is 1.32 bits per heavy atom. The molecule has 0 saturated carbocycles. The van der Waals surface area contributed by atoms with Gasteiger partial charge in [0, 0.05) is 25.0 Å². The van der Waals surface area contributed by atoms with E-state index in [1.54, 1.807) is 0 Å². The Morgan fingerprint density at radius 3 is 2.80 bits per heavy atom. The van der Waals surface area contributed by atoms with Gasteiger partial charge in [0.25, 0.3) is 0 Å². The molecule has 2 amide bonds. The van der Waals surface area contributed by atoms with Crippen LogP contribution in [0.4, 0.5) is 4.79 Å². The summed E-state index contributed by atoms with van der Waals surface area (Å²) in [5.41, 5.74) is 2.44. The third-order valence-corrected chi connectivity index (χ3v) is 5.41. The summed E-state index contributed by atoms with van der Waals surface area (Å²) < 4.78 is 11.1. The Hall–Kier alpha value is -2.21. The smallest absolute Gasteiger partial charge is 0.318 e. The van der Waals surface area contributed by atoms with E-state index >= 15 is 0 Å². The lowest BCUT2D eigenvalue weighted by Gasteiger charge is -2.48. The monoisotopic (exact) mass is 343 g/mol. The largest absolute Gasteiger partial charge is 0.454 e. The summed E-state index contributed by atoms with van der Waals surface area (Å²) in [6.45, 7) is 3.45. The van der Waals surface area contributed by atoms with E-state index in [1.807, 2.05) is 17.9 Å². The first-order valence-corrected chi connectivity index (χ1v) is 8.90. The summed E-state index contributed by atoms with van der Waals surface area (Å²) in [4.78, 5) is 17.0. The van der Waals surface area contributed by atoms with E-state index in [2.05, 4.69) is 42.5 Å². The van der Waals surface area contributed by atoms with Crippen molar-refractivity contribution in [2.75, 3.05) is 27.4 Å². The second-order valence-electron chi connectivity index (χ2n) is 7.08. The van der Waals surface area contributed by atoms with E-state index in [0.717, 1.165) is 23.5 Å². The van der Waals surface area contributed by atoms with E-state index < -0.39 is 0 Å². The van der Waals surface area contributed by atoms with E-state index in [9.17, 15) is 4.79 Å². The van der Waals surface area contributed by atoms with Crippen LogP contribution in [-0.4, -0.2) is 55.3 Å². The Bertz CT molecular complexity index is 716. The molecular formula is C19H25N3O3. The summed E-state index contributed by atoms with van der Waals surface area (Å²) >= 11 is 0. The minimum atomic E-state index is 0.00275. The molecular weight excluding hydrogens is 318 g/mol. The van der Waals surface area contributed by atoms with Crippen molar-refractivity contribution in [3.8, 4) is 11.5 Å². The molecule has 0 bridgehead atoms. The molecule has 1 aliphatic carbocycles. The van der Waals surface area contributed by atoms with Gasteiger partial charge in [-0.05, 0) is 50.7 Å². The third-order valence-electron chi connectivity index (χ3n) is 5.41. The number of nitrogens with one attached hydrogen (secondary N) is 1. The Labute approximate surface area is 148 Å². The van der Waals surface area contributed by atoms with Gasteiger partial charge in [0.05, 0.1) is 6.04 Å². The number of carbonyl (C=O) groups excluding carboxylic acids is 1. The molecule has 1 N–H and O–H groups in total. The highest BCUT2D eigenvalue weighted by Crippen LogP contribution is 2.45. The van der Waals surface area contributed by atoms with E-state index in [0.29, 0.717) is 13.1 Å². The molecule has 3 atom stereocenters. The summed E-state index contributed by atoms with van der Waals surface area (Å²) in [6.07, 6.45) is 5.39. The zero-order chi connectivity index (χ0) is 17.6. The number of amides is 2. The first-order valence-electron chi connectivity index (χ1n) is 8.90. The highest BCUT2D eigenvalue weighted by atomic mass is 16.7. The fraction of sp³-hybridized carbons (Fsp3) is 0.526. The molecule has 1 aromatic carbocycles. The van der Waals surface area contributed by atoms with Crippen LogP contribution in [-0.2, 0) is 6.54 Å². The van der Waals surface area contributed by atoms with Crippen molar-refractivity contribution >= 4 is 6.03 Å². The quantitative estimate of drug-likeness (QED) is 0.837. The van der Waals surface area contributed by atoms with Gasteiger partial charge < -0.3 is 24.6 Å². The van der Waals surface area contributed by atoms with Gasteiger partial charge in [-0.15, -0.1) is 0 Å². The Kier molecular flexibility index (Phi) is 4.07. The molecule has 0 spiro atoms. The van der Waals surface area contributed by atoms with Crippen molar-refractivity contribution in [1.82, 2.24) is 15.1 Å². The second-order valence-corrected chi connectivity index (χ2v) is 7.08. The number of hydrogen-bond donors (Lipinski definition) is 1. The number of rotatable bonds is 2. The van der Waals surface area contributed by atoms with Crippen LogP contribution < -0.4 is 14.8 Å². The predicted octanol–water partition coefficient (Wildman–Crippen LogP) is 2.30. The standard InChI is InChI=1S/C19H25N3O3/c1-4-20-19(23)22-10-12-8-16-17(25-11-24-16)9-14(12)13-6-5-7-15(18(13)22)21(2)3/h5,7-9,13,15,18H,4,6,10-11H2,1-3H3,(H,20,23)/t13-,15-,18?/m0/s1. The van der Waals surface area contributed by atoms with Gasteiger partial charge in [0.15, 0.2) is 11.5 Å². The molecule has 3 aliphatic rings. The van der Waals surface area contributed by atoms with Gasteiger partial charge in [0.2, 0.25) is 6.79 Å². The lowest BCUT2D eigenvalue weighted by Crippen LogP contribution is -2.58. The van der Waals surface area contributed by atoms with Crippen LogP contribution in [0.3, 0.4) is 0 Å². The highest BCUT2D eigenvalue weighted by Gasteiger charge is 2.43. The number of carbonyl (C=O) groups is 1. The average Bonchev–Trinajstić information content (AvgIpc) is 3.06. The molecule has 25 heavy (non-hydrogen) atoms. The van der Waals surface area contributed by atoms with Crippen molar-refractivity contribution in [2.45, 2.75) is 37.9 Å². The third kappa shape index (κ3) is 2.65. The minimum Gasteiger partial charge on any atom is -0.454 e. The molecule has 0 radical (unpaired) electrons. The summed E-state index contributed by atoms with van der Waals surface area (Å²) in [6, 6.07) is 4.47. The van der Waals surface area contributed by atoms with E-state index in [-0.39, 0.29) is 30.8 Å². The minimum absolute atomic E-state index is 0.00275. The number of likely N-dealkylation sites (N-methyl/N-ethyl adjacent to an activating group) is 1. The number of urea groups is 1. The van der Waals surface area contributed by atoms with Gasteiger partial charge in [-0.1, -0.05) is 12.2 Å². The molecule has 2 heterocycles. The molecule has 0 saturated heterocycles. The molecule has 4 rings (SSSR count). The molecule has 0 aromatic heterocycles. The van der Waals surface area contributed by atoms with Crippen molar-refractivity contribution < 1.29 is 14.3 Å². The first kappa shape index (κ1) is 16.3. The maximum atomic E-state index is 12.8. The fourth-order valence-corrected chi connectivity index (χ4v) is 4.28. The molecule has 6 heteroatoms. The summed E-state index contributed by atoms with van der Waals surface area (Å²) in [5.74, 6) is 1.86. The molecule has 0 fully saturated rings. The normalized spacial score (nSPS) is 26.4. The molecule has 6 nitrogen and oxygen atoms in total. The number of allylic oxidation sites excluding steroid dienone is 1. The molecule has 1 aromatic rings. The van der Waals surface area contributed by atoms with E-state index in [1.165, 1.54) is 5.56 Å². The zero-order valence-electron chi connectivity index (χ0n) is 15.0. The fourth-order valence-electron chi connectivity index (χ4n) is 4.28. The van der Waals surface area contributed by atoms with Crippen LogP contribution in [0.25, 0.3) is 0 Å². The highest BCUT2D eigenvalue weighted by molar-refractivity contribution is 5.75. The number of ether oxygens (including phenoxy) is 2. The van der Waals surface area contributed by atoms with Crippen molar-refractivity contribution in [3.05, 3.63) is 35.4 Å². The van der Waals surface area contributed by atoms with Gasteiger partial charge in [-0.25, -0.2) is 4.79 Å². The maximum absolute atomic E-state index is 12.8. The Morgan fingerprint density at radius 2 is 2.08 bits per heavy atom. The molecule has 134 valence electrons. The first-order chi connectivity index (χ1) is 12.1. The Balaban J connectivity index is 1.79. The SMILES string of the molecule is CCNC(=O)N1Cc2cc3c(cc2[C@@H]2CC=C[C@H](N(C)C)C21)OCO3. The lowest BCUT2D eigenvalue weighted by molar-refractivity contribution is 0.103. The topological polar surface area (TPSA) is 54.0 Å². The van der Waals surface area contributed by atoms with Crippen molar-refractivity contribution in [2.24, 2.45) is 0 Å². The second kappa shape index (κ2) is 6.26. The molecule has 2 aliphatic heterocycles. The van der Waals surface area contributed by atoms with Crippen molar-refractivity contribution in [3.63, 3.8) is 0 Å². The van der Waals surface area contributed by atoms with Gasteiger partial charge in [0.1, 0.15) is 0 Å². The van der Waals surface area contributed by atoms with Crippen LogP contribution in [0.1, 0.15) is 30.4 Å². The zero-order valence-corrected chi connectivity index (χ0v) is 15.0. The van der Waals surface area contributed by atoms with Crippen LogP contribution in [0, 0.1) is 0 Å². The van der Waals surface area contributed by atoms with Crippen LogP contribution in [0.5, 0.6) is 11.5 Å². The van der Waals surface area contributed by atoms with Crippen LogP contribution >= 0.6 is 0 Å². The number of nitrogens with zero attached hydrogens (tertiary/aromatic N) is 2. The number of benzene rings is 1. The number of hydrogen-bond acceptors (Lipinski definition) is 4. The lowest BCUT2D eigenvalue weighted by atomic mass is 9.75. The van der Waals surface area contributed by atoms with Crippen LogP contribution in [0.2, 0.25) is 0 Å². The summed E-state index contributed by atoms with van der Waals surface area (Å²) in [7, 11) is 4.14. The van der Waals surface area contributed by atoms with Gasteiger partial charge in [-0.3, -0.25) is 0 Å². The predicted molar refractivity (Wildman–Crippen MR) is 94.9 cm³/mol. The van der Waals surface area contributed by atoms with Crippen LogP contribution in [0.15, 0.2) is 24.3 Å². The van der Waals surface area contributed by atoms with Gasteiger partial charge in [-0.2, -0.15) is 0 Å². The number of fused-ring (bicyclic) bond motifs is 4. The van der Waals surface area contributed by atoms with Gasteiger partial charge >= 0.3 is 6.03 Å². The van der Waals surface area contributed by atoms with E-state index in [4.69, 9.17) is 9.47 Å². The molecule has 1 unspecified atom stereocenters. The van der Waals surface area contributed by atoms with Crippen molar-refractivity contribution in [1.29, 1.82) is 0 Å². The average molecular weight is 343 g/mol.